The molecule has 4 rings (SSSR count). The summed E-state index contributed by atoms with van der Waals surface area (Å²) in [6.07, 6.45) is 0.999. The van der Waals surface area contributed by atoms with Crippen LogP contribution in [-0.4, -0.2) is 49.7 Å². The molecule has 1 fully saturated rings. The van der Waals surface area contributed by atoms with Gasteiger partial charge in [0.05, 0.1) is 9.92 Å². The average Bonchev–Trinajstić information content (AvgIpc) is 3.13. The van der Waals surface area contributed by atoms with Crippen LogP contribution in [0.25, 0.3) is 10.1 Å². The van der Waals surface area contributed by atoms with Crippen LogP contribution in [0.5, 0.6) is 0 Å². The van der Waals surface area contributed by atoms with Gasteiger partial charge in [-0.25, -0.2) is 8.42 Å². The first kappa shape index (κ1) is 23.5. The summed E-state index contributed by atoms with van der Waals surface area (Å²) < 4.78 is 28.5. The van der Waals surface area contributed by atoms with Crippen LogP contribution in [0.15, 0.2) is 47.4 Å². The van der Waals surface area contributed by atoms with Crippen molar-refractivity contribution >= 4 is 60.6 Å². The van der Waals surface area contributed by atoms with Gasteiger partial charge in [0, 0.05) is 41.3 Å². The van der Waals surface area contributed by atoms with Gasteiger partial charge in [-0.1, -0.05) is 55.2 Å². The largest absolute Gasteiger partial charge is 0.335 e. The number of carbonyl (C=O) groups excluding carboxylic acids is 1. The Morgan fingerprint density at radius 3 is 2.34 bits per heavy atom. The van der Waals surface area contributed by atoms with E-state index in [1.165, 1.54) is 15.6 Å². The third kappa shape index (κ3) is 4.41. The minimum absolute atomic E-state index is 0.178. The van der Waals surface area contributed by atoms with Crippen LogP contribution in [0, 0.1) is 0 Å². The van der Waals surface area contributed by atoms with Crippen LogP contribution in [0.1, 0.15) is 41.4 Å². The SMILES string of the molecule is CCC(C)c1ccc(S(=O)(=O)N2CCN(C(=O)c3sc4cc(Cl)ccc4c3Cl)CC2)cc1. The molecule has 1 aliphatic heterocycles. The zero-order chi connectivity index (χ0) is 23.0. The molecule has 1 aromatic heterocycles. The number of piperazine rings is 1. The fraction of sp³-hybridized carbons (Fsp3) is 0.348. The van der Waals surface area contributed by atoms with E-state index < -0.39 is 10.0 Å². The highest BCUT2D eigenvalue weighted by atomic mass is 35.5. The van der Waals surface area contributed by atoms with Crippen LogP contribution < -0.4 is 0 Å². The van der Waals surface area contributed by atoms with E-state index in [0.29, 0.717) is 33.9 Å². The van der Waals surface area contributed by atoms with Gasteiger partial charge in [-0.05, 0) is 42.2 Å². The number of amides is 1. The number of hydrogen-bond acceptors (Lipinski definition) is 4. The molecule has 3 aromatic rings. The van der Waals surface area contributed by atoms with Crippen LogP contribution >= 0.6 is 34.5 Å². The monoisotopic (exact) mass is 510 g/mol. The number of hydrogen-bond donors (Lipinski definition) is 0. The van der Waals surface area contributed by atoms with Gasteiger partial charge in [0.1, 0.15) is 4.88 Å². The highest BCUT2D eigenvalue weighted by molar-refractivity contribution is 7.89. The van der Waals surface area contributed by atoms with Crippen LogP contribution in [0.4, 0.5) is 0 Å². The van der Waals surface area contributed by atoms with E-state index in [1.807, 2.05) is 18.2 Å². The third-order valence-corrected chi connectivity index (χ3v) is 9.80. The first-order valence-electron chi connectivity index (χ1n) is 10.5. The van der Waals surface area contributed by atoms with Crippen molar-refractivity contribution in [2.75, 3.05) is 26.2 Å². The summed E-state index contributed by atoms with van der Waals surface area (Å²) >= 11 is 13.8. The van der Waals surface area contributed by atoms with Crippen LogP contribution in [0.2, 0.25) is 10.0 Å². The maximum absolute atomic E-state index is 13.1. The first-order valence-corrected chi connectivity index (χ1v) is 13.5. The fourth-order valence-corrected chi connectivity index (χ4v) is 6.98. The number of fused-ring (bicyclic) bond motifs is 1. The van der Waals surface area contributed by atoms with E-state index in [9.17, 15) is 13.2 Å². The van der Waals surface area contributed by atoms with E-state index >= 15 is 0 Å². The number of sulfonamides is 1. The van der Waals surface area contributed by atoms with Crippen molar-refractivity contribution in [2.24, 2.45) is 0 Å². The molecule has 5 nitrogen and oxygen atoms in total. The fourth-order valence-electron chi connectivity index (χ4n) is 3.80. The molecule has 0 radical (unpaired) electrons. The topological polar surface area (TPSA) is 57.7 Å². The van der Waals surface area contributed by atoms with Gasteiger partial charge in [0.2, 0.25) is 10.0 Å². The Labute approximate surface area is 202 Å². The molecule has 1 amide bonds. The Hall–Kier alpha value is -1.64. The maximum Gasteiger partial charge on any atom is 0.265 e. The molecule has 9 heteroatoms. The molecule has 170 valence electrons. The smallest absolute Gasteiger partial charge is 0.265 e. The number of benzene rings is 2. The standard InChI is InChI=1S/C23H24Cl2N2O3S2/c1-3-15(2)16-4-7-18(8-5-16)32(29,30)27-12-10-26(11-13-27)23(28)22-21(25)19-9-6-17(24)14-20(19)31-22/h4-9,14-15H,3,10-13H2,1-2H3. The van der Waals surface area contributed by atoms with E-state index in [-0.39, 0.29) is 23.9 Å². The molecular weight excluding hydrogens is 487 g/mol. The van der Waals surface area contributed by atoms with Gasteiger partial charge >= 0.3 is 0 Å². The summed E-state index contributed by atoms with van der Waals surface area (Å²) in [6, 6.07) is 12.5. The molecule has 0 aliphatic carbocycles. The number of carbonyl (C=O) groups is 1. The molecule has 0 saturated carbocycles. The molecule has 0 bridgehead atoms. The van der Waals surface area contributed by atoms with Gasteiger partial charge in [-0.2, -0.15) is 4.31 Å². The summed E-state index contributed by atoms with van der Waals surface area (Å²) in [6.45, 7) is 5.35. The van der Waals surface area contributed by atoms with Crippen LogP contribution in [-0.2, 0) is 10.0 Å². The van der Waals surface area contributed by atoms with E-state index in [0.717, 1.165) is 22.1 Å². The second-order valence-corrected chi connectivity index (χ2v) is 11.8. The normalized spacial score (nSPS) is 16.4. The number of thiophene rings is 1. The van der Waals surface area contributed by atoms with E-state index in [1.54, 1.807) is 29.2 Å². The van der Waals surface area contributed by atoms with Crippen molar-refractivity contribution in [3.05, 3.63) is 63.0 Å². The van der Waals surface area contributed by atoms with Gasteiger partial charge in [-0.15, -0.1) is 11.3 Å². The van der Waals surface area contributed by atoms with Gasteiger partial charge in [-0.3, -0.25) is 4.79 Å². The predicted molar refractivity (Wildman–Crippen MR) is 132 cm³/mol. The minimum Gasteiger partial charge on any atom is -0.335 e. The first-order chi connectivity index (χ1) is 15.2. The molecule has 1 saturated heterocycles. The van der Waals surface area contributed by atoms with E-state index in [4.69, 9.17) is 23.2 Å². The average molecular weight is 511 g/mol. The lowest BCUT2D eigenvalue weighted by molar-refractivity contribution is 0.0703. The van der Waals surface area contributed by atoms with Gasteiger partial charge in [0.15, 0.2) is 0 Å². The summed E-state index contributed by atoms with van der Waals surface area (Å²) in [4.78, 5) is 15.5. The molecule has 32 heavy (non-hydrogen) atoms. The van der Waals surface area contributed by atoms with Crippen LogP contribution in [0.3, 0.4) is 0 Å². The molecule has 1 aliphatic rings. The lowest BCUT2D eigenvalue weighted by atomic mass is 9.99. The Morgan fingerprint density at radius 1 is 1.06 bits per heavy atom. The van der Waals surface area contributed by atoms with Crippen molar-refractivity contribution < 1.29 is 13.2 Å². The zero-order valence-corrected chi connectivity index (χ0v) is 21.0. The third-order valence-electron chi connectivity index (χ3n) is 6.01. The predicted octanol–water partition coefficient (Wildman–Crippen LogP) is 5.87. The summed E-state index contributed by atoms with van der Waals surface area (Å²) in [7, 11) is -3.60. The molecule has 0 N–H and O–H groups in total. The molecule has 2 aromatic carbocycles. The second-order valence-electron chi connectivity index (χ2n) is 7.96. The highest BCUT2D eigenvalue weighted by Gasteiger charge is 2.32. The summed E-state index contributed by atoms with van der Waals surface area (Å²) in [5.41, 5.74) is 1.13. The Kier molecular flexibility index (Phi) is 6.84. The minimum atomic E-state index is -3.60. The Bertz CT molecular complexity index is 1250. The molecule has 0 spiro atoms. The lowest BCUT2D eigenvalue weighted by Gasteiger charge is -2.33. The number of rotatable bonds is 5. The maximum atomic E-state index is 13.1. The zero-order valence-electron chi connectivity index (χ0n) is 17.8. The van der Waals surface area contributed by atoms with Crippen molar-refractivity contribution in [2.45, 2.75) is 31.1 Å². The van der Waals surface area contributed by atoms with Crippen molar-refractivity contribution in [3.63, 3.8) is 0 Å². The van der Waals surface area contributed by atoms with Crippen molar-refractivity contribution in [1.82, 2.24) is 9.21 Å². The van der Waals surface area contributed by atoms with Gasteiger partial charge < -0.3 is 4.90 Å². The van der Waals surface area contributed by atoms with E-state index in [2.05, 4.69) is 13.8 Å². The highest BCUT2D eigenvalue weighted by Crippen LogP contribution is 2.37. The lowest BCUT2D eigenvalue weighted by Crippen LogP contribution is -2.50. The number of nitrogens with zero attached hydrogens (tertiary/aromatic N) is 2. The quantitative estimate of drug-likeness (QED) is 0.431. The second kappa shape index (κ2) is 9.31. The number of halogens is 2. The Morgan fingerprint density at radius 2 is 1.72 bits per heavy atom. The summed E-state index contributed by atoms with van der Waals surface area (Å²) in [5.74, 6) is 0.209. The van der Waals surface area contributed by atoms with Gasteiger partial charge in [0.25, 0.3) is 5.91 Å². The summed E-state index contributed by atoms with van der Waals surface area (Å²) in [5, 5.41) is 1.81. The molecule has 2 heterocycles. The Balaban J connectivity index is 1.47. The van der Waals surface area contributed by atoms with Crippen molar-refractivity contribution in [1.29, 1.82) is 0 Å². The molecular formula is C23H24Cl2N2O3S2. The van der Waals surface area contributed by atoms with Crippen molar-refractivity contribution in [3.8, 4) is 0 Å². The molecule has 1 atom stereocenters. The molecule has 1 unspecified atom stereocenters.